The van der Waals surface area contributed by atoms with E-state index in [9.17, 15) is 18.0 Å². The first-order valence-electron chi connectivity index (χ1n) is 7.74. The van der Waals surface area contributed by atoms with Gasteiger partial charge in [-0.15, -0.1) is 0 Å². The van der Waals surface area contributed by atoms with Gasteiger partial charge in [0.05, 0.1) is 11.6 Å². The molecule has 1 aromatic heterocycles. The van der Waals surface area contributed by atoms with Crippen molar-refractivity contribution in [1.29, 1.82) is 5.41 Å². The van der Waals surface area contributed by atoms with Crippen LogP contribution in [0.2, 0.25) is 5.02 Å². The monoisotopic (exact) mass is 523 g/mol. The lowest BCUT2D eigenvalue weighted by atomic mass is 10.1. The second-order valence-corrected chi connectivity index (χ2v) is 7.23. The van der Waals surface area contributed by atoms with Gasteiger partial charge in [-0.1, -0.05) is 11.6 Å². The summed E-state index contributed by atoms with van der Waals surface area (Å²) in [5.41, 5.74) is -1.26. The molecule has 0 aliphatic carbocycles. The maximum atomic E-state index is 12.9. The normalized spacial score (nSPS) is 13.0. The van der Waals surface area contributed by atoms with Gasteiger partial charge in [-0.3, -0.25) is 10.2 Å². The Kier molecular flexibility index (Phi) is 7.35. The van der Waals surface area contributed by atoms with Crippen LogP contribution in [0.15, 0.2) is 41.5 Å². The summed E-state index contributed by atoms with van der Waals surface area (Å²) in [5.74, 6) is -0.144. The van der Waals surface area contributed by atoms with Crippen LogP contribution in [0.4, 0.5) is 19.0 Å². The number of hydrogen-bond donors (Lipinski definition) is 3. The third-order valence-electron chi connectivity index (χ3n) is 3.43. The Hall–Kier alpha value is -2.21. The number of pyridine rings is 1. The second kappa shape index (κ2) is 9.32. The number of aliphatic imine (C=N–C) groups is 1. The molecule has 0 radical (unpaired) electrons. The zero-order valence-corrected chi connectivity index (χ0v) is 17.2. The van der Waals surface area contributed by atoms with Gasteiger partial charge in [0, 0.05) is 20.4 Å². The summed E-state index contributed by atoms with van der Waals surface area (Å²) in [6, 6.07) is 5.33. The molecule has 6 nitrogen and oxygen atoms in total. The molecular weight excluding hydrogens is 510 g/mol. The quantitative estimate of drug-likeness (QED) is 0.304. The fraction of sp³-hybridized carbons (Fsp3) is 0.176. The molecule has 0 spiro atoms. The number of benzene rings is 1. The Labute approximate surface area is 177 Å². The maximum absolute atomic E-state index is 12.9. The van der Waals surface area contributed by atoms with Crippen LogP contribution in [-0.2, 0) is 6.18 Å². The third-order valence-corrected chi connectivity index (χ3v) is 4.29. The molecule has 0 saturated carbocycles. The van der Waals surface area contributed by atoms with Gasteiger partial charge in [0.15, 0.2) is 0 Å². The van der Waals surface area contributed by atoms with Crippen LogP contribution in [0, 0.1) is 8.98 Å². The second-order valence-electron chi connectivity index (χ2n) is 5.55. The lowest BCUT2D eigenvalue weighted by Crippen LogP contribution is -2.42. The summed E-state index contributed by atoms with van der Waals surface area (Å²) in [6.45, 7) is 1.56. The van der Waals surface area contributed by atoms with E-state index in [1.54, 1.807) is 25.3 Å². The minimum Gasteiger partial charge on any atom is -0.342 e. The lowest BCUT2D eigenvalue weighted by molar-refractivity contribution is -0.137. The van der Waals surface area contributed by atoms with Crippen LogP contribution < -0.4 is 10.6 Å². The summed E-state index contributed by atoms with van der Waals surface area (Å²) >= 11 is 7.80. The van der Waals surface area contributed by atoms with E-state index in [2.05, 4.69) is 43.2 Å². The first kappa shape index (κ1) is 22.1. The SMILES string of the molecule is C[C@H](NC(=O)c1cc(Cl)cc(C(F)(F)F)c1)/C(=N/C=N)Nc1ccc(I)cn1. The highest BCUT2D eigenvalue weighted by molar-refractivity contribution is 14.1. The van der Waals surface area contributed by atoms with E-state index in [1.165, 1.54) is 0 Å². The third kappa shape index (κ3) is 6.16. The van der Waals surface area contributed by atoms with E-state index in [0.717, 1.165) is 28.1 Å². The molecule has 1 amide bonds. The largest absolute Gasteiger partial charge is 0.416 e. The topological polar surface area (TPSA) is 90.2 Å². The molecule has 0 saturated heterocycles. The number of carbonyl (C=O) groups excluding carboxylic acids is 1. The predicted molar refractivity (Wildman–Crippen MR) is 110 cm³/mol. The standard InChI is InChI=1S/C17H14ClF3IN5O/c1-9(15(25-8-23)27-14-3-2-13(22)7-24-14)26-16(28)10-4-11(17(19,20)21)6-12(18)5-10/h2-9H,1H3,(H,26,28)(H2,23,24,25,27)/t9-/m0/s1. The highest BCUT2D eigenvalue weighted by atomic mass is 127. The van der Waals surface area contributed by atoms with E-state index < -0.39 is 23.7 Å². The molecule has 2 rings (SSSR count). The van der Waals surface area contributed by atoms with Crippen LogP contribution in [0.5, 0.6) is 0 Å². The summed E-state index contributed by atoms with van der Waals surface area (Å²) in [5, 5.41) is 12.4. The van der Waals surface area contributed by atoms with Crippen LogP contribution >= 0.6 is 34.2 Å². The summed E-state index contributed by atoms with van der Waals surface area (Å²) < 4.78 is 39.7. The zero-order chi connectivity index (χ0) is 20.9. The van der Waals surface area contributed by atoms with Crippen LogP contribution in [0.25, 0.3) is 0 Å². The smallest absolute Gasteiger partial charge is 0.342 e. The van der Waals surface area contributed by atoms with E-state index >= 15 is 0 Å². The highest BCUT2D eigenvalue weighted by Gasteiger charge is 2.32. The number of hydrogen-bond acceptors (Lipinski definition) is 3. The molecule has 3 N–H and O–H groups in total. The number of amidine groups is 1. The molecule has 1 atom stereocenters. The van der Waals surface area contributed by atoms with Crippen LogP contribution in [0.1, 0.15) is 22.8 Å². The Morgan fingerprint density at radius 1 is 1.36 bits per heavy atom. The molecule has 0 aliphatic rings. The summed E-state index contributed by atoms with van der Waals surface area (Å²) in [4.78, 5) is 20.4. The number of nitrogens with one attached hydrogen (secondary N) is 3. The molecule has 1 heterocycles. The van der Waals surface area contributed by atoms with Gasteiger partial charge in [0.25, 0.3) is 5.91 Å². The summed E-state index contributed by atoms with van der Waals surface area (Å²) in [7, 11) is 0. The Morgan fingerprint density at radius 2 is 2.07 bits per heavy atom. The van der Waals surface area contributed by atoms with Crippen LogP contribution in [-0.4, -0.2) is 29.1 Å². The first-order chi connectivity index (χ1) is 13.1. The molecule has 1 aromatic carbocycles. The number of aromatic nitrogens is 1. The molecular formula is C17H14ClF3IN5O. The van der Waals surface area contributed by atoms with E-state index in [1.807, 2.05) is 0 Å². The minimum atomic E-state index is -4.63. The number of rotatable bonds is 5. The van der Waals surface area contributed by atoms with Crippen molar-refractivity contribution in [2.24, 2.45) is 4.99 Å². The number of nitrogens with zero attached hydrogens (tertiary/aromatic N) is 2. The number of amides is 1. The van der Waals surface area contributed by atoms with Crippen molar-refractivity contribution in [3.05, 3.63) is 56.2 Å². The van der Waals surface area contributed by atoms with E-state index in [-0.39, 0.29) is 16.4 Å². The zero-order valence-electron chi connectivity index (χ0n) is 14.3. The Bertz CT molecular complexity index is 903. The summed E-state index contributed by atoms with van der Waals surface area (Å²) in [6.07, 6.45) is -2.24. The number of anilines is 1. The van der Waals surface area contributed by atoms with Crippen molar-refractivity contribution < 1.29 is 18.0 Å². The van der Waals surface area contributed by atoms with Crippen molar-refractivity contribution in [1.82, 2.24) is 10.3 Å². The Balaban J connectivity index is 2.19. The van der Waals surface area contributed by atoms with Crippen molar-refractivity contribution in [3.63, 3.8) is 0 Å². The van der Waals surface area contributed by atoms with Crippen LogP contribution in [0.3, 0.4) is 0 Å². The molecule has 0 aliphatic heterocycles. The van der Waals surface area contributed by atoms with E-state index in [0.29, 0.717) is 5.82 Å². The molecule has 2 aromatic rings. The van der Waals surface area contributed by atoms with Gasteiger partial charge in [-0.2, -0.15) is 13.2 Å². The highest BCUT2D eigenvalue weighted by Crippen LogP contribution is 2.31. The minimum absolute atomic E-state index is 0.190. The molecule has 11 heteroatoms. The van der Waals surface area contributed by atoms with Gasteiger partial charge in [-0.05, 0) is 59.8 Å². The van der Waals surface area contributed by atoms with Gasteiger partial charge in [0.1, 0.15) is 18.0 Å². The van der Waals surface area contributed by atoms with Gasteiger partial charge in [-0.25, -0.2) is 9.98 Å². The first-order valence-corrected chi connectivity index (χ1v) is 9.19. The molecule has 0 fully saturated rings. The van der Waals surface area contributed by atoms with Crippen molar-refractivity contribution in [3.8, 4) is 0 Å². The lowest BCUT2D eigenvalue weighted by Gasteiger charge is -2.18. The van der Waals surface area contributed by atoms with Crippen molar-refractivity contribution in [2.45, 2.75) is 19.1 Å². The molecule has 148 valence electrons. The number of halogens is 5. The van der Waals surface area contributed by atoms with Gasteiger partial charge >= 0.3 is 6.18 Å². The van der Waals surface area contributed by atoms with Gasteiger partial charge < -0.3 is 10.6 Å². The molecule has 0 bridgehead atoms. The van der Waals surface area contributed by atoms with Crippen molar-refractivity contribution in [2.75, 3.05) is 5.32 Å². The van der Waals surface area contributed by atoms with Gasteiger partial charge in [0.2, 0.25) is 0 Å². The maximum Gasteiger partial charge on any atom is 0.416 e. The number of alkyl halides is 3. The van der Waals surface area contributed by atoms with E-state index in [4.69, 9.17) is 17.0 Å². The fourth-order valence-corrected chi connectivity index (χ4v) is 2.69. The van der Waals surface area contributed by atoms with Crippen molar-refractivity contribution >= 4 is 58.1 Å². The molecule has 0 unspecified atom stereocenters. The average molecular weight is 524 g/mol. The Morgan fingerprint density at radius 3 is 2.64 bits per heavy atom. The average Bonchev–Trinajstić information content (AvgIpc) is 2.61. The predicted octanol–water partition coefficient (Wildman–Crippen LogP) is 4.59. The molecule has 28 heavy (non-hydrogen) atoms. The fourth-order valence-electron chi connectivity index (χ4n) is 2.14. The number of carbonyl (C=O) groups is 1.